The van der Waals surface area contributed by atoms with Crippen LogP contribution in [0.4, 0.5) is 0 Å². The number of aromatic hydroxyl groups is 1. The SMILES string of the molecule is Cl.NCc1ccc(-c2c(O)ccc3[nH]c(=O)c4sccc4c23)cc1. The molecule has 4 aromatic rings. The minimum atomic E-state index is -0.0994. The van der Waals surface area contributed by atoms with Crippen LogP contribution in [0.1, 0.15) is 5.56 Å². The number of phenols is 1. The van der Waals surface area contributed by atoms with Gasteiger partial charge in [0.25, 0.3) is 5.56 Å². The average Bonchev–Trinajstić information content (AvgIpc) is 3.06. The summed E-state index contributed by atoms with van der Waals surface area (Å²) in [7, 11) is 0. The van der Waals surface area contributed by atoms with Gasteiger partial charge in [-0.25, -0.2) is 0 Å². The van der Waals surface area contributed by atoms with Crippen molar-refractivity contribution in [2.24, 2.45) is 5.73 Å². The number of nitrogens with two attached hydrogens (primary N) is 1. The van der Waals surface area contributed by atoms with E-state index >= 15 is 0 Å². The molecule has 0 saturated heterocycles. The highest BCUT2D eigenvalue weighted by Crippen LogP contribution is 2.39. The Morgan fingerprint density at radius 3 is 2.54 bits per heavy atom. The molecule has 4 N–H and O–H groups in total. The zero-order valence-electron chi connectivity index (χ0n) is 12.6. The van der Waals surface area contributed by atoms with Gasteiger partial charge in [-0.15, -0.1) is 23.7 Å². The van der Waals surface area contributed by atoms with Gasteiger partial charge in [-0.1, -0.05) is 24.3 Å². The molecule has 2 heterocycles. The number of H-pyrrole nitrogens is 1. The topological polar surface area (TPSA) is 79.1 Å². The second-order valence-electron chi connectivity index (χ2n) is 5.40. The van der Waals surface area contributed by atoms with E-state index in [1.807, 2.05) is 35.7 Å². The molecule has 122 valence electrons. The van der Waals surface area contributed by atoms with Crippen LogP contribution in [0.5, 0.6) is 5.75 Å². The Balaban J connectivity index is 0.00000169. The molecule has 0 saturated carbocycles. The van der Waals surface area contributed by atoms with Crippen LogP contribution in [-0.4, -0.2) is 10.1 Å². The van der Waals surface area contributed by atoms with Crippen LogP contribution in [0.3, 0.4) is 0 Å². The maximum absolute atomic E-state index is 12.1. The van der Waals surface area contributed by atoms with Gasteiger partial charge in [-0.05, 0) is 34.7 Å². The van der Waals surface area contributed by atoms with Crippen LogP contribution in [0, 0.1) is 0 Å². The summed E-state index contributed by atoms with van der Waals surface area (Å²) in [6.45, 7) is 0.476. The number of benzene rings is 2. The van der Waals surface area contributed by atoms with Crippen molar-refractivity contribution < 1.29 is 5.11 Å². The summed E-state index contributed by atoms with van der Waals surface area (Å²) < 4.78 is 0.669. The Morgan fingerprint density at radius 1 is 1.08 bits per heavy atom. The highest BCUT2D eigenvalue weighted by molar-refractivity contribution is 7.17. The van der Waals surface area contributed by atoms with Crippen molar-refractivity contribution in [3.8, 4) is 16.9 Å². The monoisotopic (exact) mass is 358 g/mol. The van der Waals surface area contributed by atoms with Crippen LogP contribution in [0.15, 0.2) is 52.6 Å². The molecule has 0 bridgehead atoms. The van der Waals surface area contributed by atoms with Crippen molar-refractivity contribution in [1.29, 1.82) is 0 Å². The summed E-state index contributed by atoms with van der Waals surface area (Å²) in [4.78, 5) is 15.1. The summed E-state index contributed by atoms with van der Waals surface area (Å²) in [5, 5.41) is 14.1. The van der Waals surface area contributed by atoms with Crippen LogP contribution in [0.25, 0.3) is 32.1 Å². The third-order valence-electron chi connectivity index (χ3n) is 4.05. The van der Waals surface area contributed by atoms with Crippen LogP contribution < -0.4 is 11.3 Å². The Morgan fingerprint density at radius 2 is 1.83 bits per heavy atom. The Labute approximate surface area is 148 Å². The van der Waals surface area contributed by atoms with Crippen LogP contribution in [-0.2, 0) is 6.54 Å². The first-order chi connectivity index (χ1) is 11.2. The minimum absolute atomic E-state index is 0. The molecular weight excluding hydrogens is 344 g/mol. The lowest BCUT2D eigenvalue weighted by atomic mass is 9.96. The number of aromatic nitrogens is 1. The van der Waals surface area contributed by atoms with Crippen LogP contribution >= 0.6 is 23.7 Å². The first-order valence-electron chi connectivity index (χ1n) is 7.23. The van der Waals surface area contributed by atoms with E-state index in [2.05, 4.69) is 4.98 Å². The summed E-state index contributed by atoms with van der Waals surface area (Å²) in [5.74, 6) is 0.192. The second kappa shape index (κ2) is 6.28. The summed E-state index contributed by atoms with van der Waals surface area (Å²) in [6.07, 6.45) is 0. The first kappa shape index (κ1) is 16.5. The molecule has 0 fully saturated rings. The zero-order chi connectivity index (χ0) is 16.0. The molecule has 24 heavy (non-hydrogen) atoms. The van der Waals surface area contributed by atoms with Gasteiger partial charge in [0.2, 0.25) is 0 Å². The Bertz CT molecular complexity index is 1080. The minimum Gasteiger partial charge on any atom is -0.507 e. The molecular formula is C18H15ClN2O2S. The maximum atomic E-state index is 12.1. The van der Waals surface area contributed by atoms with E-state index in [1.54, 1.807) is 12.1 Å². The van der Waals surface area contributed by atoms with Crippen LogP contribution in [0.2, 0.25) is 0 Å². The van der Waals surface area contributed by atoms with E-state index in [9.17, 15) is 9.90 Å². The molecule has 6 heteroatoms. The van der Waals surface area contributed by atoms with Gasteiger partial charge in [0.1, 0.15) is 10.4 Å². The van der Waals surface area contributed by atoms with Gasteiger partial charge in [0, 0.05) is 28.4 Å². The molecule has 4 nitrogen and oxygen atoms in total. The van der Waals surface area contributed by atoms with Crippen molar-refractivity contribution in [2.45, 2.75) is 6.54 Å². The third-order valence-corrected chi connectivity index (χ3v) is 4.96. The number of fused-ring (bicyclic) bond motifs is 3. The molecule has 0 unspecified atom stereocenters. The second-order valence-corrected chi connectivity index (χ2v) is 6.32. The maximum Gasteiger partial charge on any atom is 0.266 e. The largest absolute Gasteiger partial charge is 0.507 e. The molecule has 0 spiro atoms. The average molecular weight is 359 g/mol. The van der Waals surface area contributed by atoms with Gasteiger partial charge in [-0.3, -0.25) is 4.79 Å². The van der Waals surface area contributed by atoms with Crippen molar-refractivity contribution in [3.63, 3.8) is 0 Å². The quantitative estimate of drug-likeness (QED) is 0.506. The number of aromatic amines is 1. The highest BCUT2D eigenvalue weighted by atomic mass is 35.5. The molecule has 4 rings (SSSR count). The van der Waals surface area contributed by atoms with Crippen molar-refractivity contribution in [3.05, 3.63) is 63.8 Å². The van der Waals surface area contributed by atoms with E-state index < -0.39 is 0 Å². The smallest absolute Gasteiger partial charge is 0.266 e. The number of thiophene rings is 1. The van der Waals surface area contributed by atoms with Gasteiger partial charge < -0.3 is 15.8 Å². The van der Waals surface area contributed by atoms with Gasteiger partial charge >= 0.3 is 0 Å². The molecule has 0 radical (unpaired) electrons. The van der Waals surface area contributed by atoms with E-state index in [-0.39, 0.29) is 23.7 Å². The van der Waals surface area contributed by atoms with Crippen molar-refractivity contribution in [2.75, 3.05) is 0 Å². The predicted octanol–water partition coefficient (Wildman–Crippen LogP) is 4.00. The molecule has 0 aliphatic carbocycles. The van der Waals surface area contributed by atoms with E-state index in [1.165, 1.54) is 11.3 Å². The van der Waals surface area contributed by atoms with Gasteiger partial charge in [0.15, 0.2) is 0 Å². The molecule has 0 amide bonds. The highest BCUT2D eigenvalue weighted by Gasteiger charge is 2.15. The van der Waals surface area contributed by atoms with Crippen molar-refractivity contribution >= 4 is 44.7 Å². The van der Waals surface area contributed by atoms with E-state index in [0.717, 1.165) is 33.0 Å². The fourth-order valence-electron chi connectivity index (χ4n) is 2.94. The number of hydrogen-bond acceptors (Lipinski definition) is 4. The lowest BCUT2D eigenvalue weighted by molar-refractivity contribution is 0.478. The summed E-state index contributed by atoms with van der Waals surface area (Å²) in [5.41, 5.74) is 8.92. The van der Waals surface area contributed by atoms with Crippen molar-refractivity contribution in [1.82, 2.24) is 4.98 Å². The number of rotatable bonds is 2. The summed E-state index contributed by atoms with van der Waals surface area (Å²) >= 11 is 1.40. The number of phenolic OH excluding ortho intramolecular Hbond substituents is 1. The predicted molar refractivity (Wildman–Crippen MR) is 102 cm³/mol. The van der Waals surface area contributed by atoms with Gasteiger partial charge in [0.05, 0.1) is 0 Å². The Kier molecular flexibility index (Phi) is 4.32. The Hall–Kier alpha value is -2.34. The number of halogens is 1. The van der Waals surface area contributed by atoms with E-state index in [0.29, 0.717) is 11.2 Å². The van der Waals surface area contributed by atoms with E-state index in [4.69, 9.17) is 5.73 Å². The lowest BCUT2D eigenvalue weighted by Crippen LogP contribution is -2.04. The summed E-state index contributed by atoms with van der Waals surface area (Å²) in [6, 6.07) is 13.1. The fourth-order valence-corrected chi connectivity index (χ4v) is 3.73. The molecule has 2 aromatic carbocycles. The number of nitrogens with one attached hydrogen (secondary N) is 1. The standard InChI is InChI=1S/C18H14N2O2S.ClH/c19-9-10-1-3-11(4-2-10)15-14(21)6-5-13-16(15)12-7-8-23-17(12)18(22)20-13;/h1-8,21H,9,19H2,(H,20,22);1H. The normalized spacial score (nSPS) is 10.9. The molecule has 0 aliphatic heterocycles. The third kappa shape index (κ3) is 2.47. The number of pyridine rings is 1. The molecule has 0 atom stereocenters. The fraction of sp³-hybridized carbons (Fsp3) is 0.0556. The zero-order valence-corrected chi connectivity index (χ0v) is 14.2. The molecule has 0 aliphatic rings. The molecule has 2 aromatic heterocycles. The lowest BCUT2D eigenvalue weighted by Gasteiger charge is -2.11. The number of hydrogen-bond donors (Lipinski definition) is 3. The first-order valence-corrected chi connectivity index (χ1v) is 8.11. The van der Waals surface area contributed by atoms with Gasteiger partial charge in [-0.2, -0.15) is 0 Å².